The average molecular weight is 227 g/mol. The topological polar surface area (TPSA) is 66.4 Å². The van der Waals surface area contributed by atoms with Crippen LogP contribution in [0.15, 0.2) is 17.5 Å². The van der Waals surface area contributed by atoms with Crippen molar-refractivity contribution in [3.8, 4) is 0 Å². The van der Waals surface area contributed by atoms with Gasteiger partial charge in [-0.25, -0.2) is 0 Å². The Kier molecular flexibility index (Phi) is 4.30. The molecular weight excluding hydrogens is 214 g/mol. The van der Waals surface area contributed by atoms with Crippen LogP contribution in [-0.4, -0.2) is 23.0 Å². The van der Waals surface area contributed by atoms with Crippen LogP contribution >= 0.6 is 11.3 Å². The maximum Gasteiger partial charge on any atom is 0.305 e. The van der Waals surface area contributed by atoms with Crippen molar-refractivity contribution in [1.82, 2.24) is 5.32 Å². The second-order valence-corrected chi connectivity index (χ2v) is 4.35. The van der Waals surface area contributed by atoms with Crippen LogP contribution in [0.1, 0.15) is 18.2 Å². The fourth-order valence-electron chi connectivity index (χ4n) is 1.21. The fraction of sp³-hybridized carbons (Fsp3) is 0.400. The molecule has 0 aliphatic carbocycles. The molecule has 0 spiro atoms. The van der Waals surface area contributed by atoms with E-state index in [9.17, 15) is 9.59 Å². The highest BCUT2D eigenvalue weighted by molar-refractivity contribution is 7.10. The summed E-state index contributed by atoms with van der Waals surface area (Å²) in [4.78, 5) is 22.7. The van der Waals surface area contributed by atoms with Crippen LogP contribution in [0.3, 0.4) is 0 Å². The summed E-state index contributed by atoms with van der Waals surface area (Å²) in [5.41, 5.74) is 0. The van der Waals surface area contributed by atoms with Gasteiger partial charge in [0, 0.05) is 10.9 Å². The predicted octanol–water partition coefficient (Wildman–Crippen LogP) is 1.27. The molecule has 82 valence electrons. The highest BCUT2D eigenvalue weighted by atomic mass is 32.1. The van der Waals surface area contributed by atoms with Crippen LogP contribution in [0.5, 0.6) is 0 Å². The van der Waals surface area contributed by atoms with E-state index in [0.29, 0.717) is 6.42 Å². The van der Waals surface area contributed by atoms with Crippen molar-refractivity contribution in [1.29, 1.82) is 0 Å². The molecule has 1 unspecified atom stereocenters. The molecule has 0 saturated carbocycles. The summed E-state index contributed by atoms with van der Waals surface area (Å²) in [5.74, 6) is -1.04. The molecule has 1 rings (SSSR count). The first-order chi connectivity index (χ1) is 7.08. The van der Waals surface area contributed by atoms with Crippen molar-refractivity contribution in [2.45, 2.75) is 25.8 Å². The fourth-order valence-corrected chi connectivity index (χ4v) is 1.91. The van der Waals surface area contributed by atoms with Crippen molar-refractivity contribution in [2.75, 3.05) is 0 Å². The molecule has 1 heterocycles. The third-order valence-electron chi connectivity index (χ3n) is 1.80. The molecule has 4 nitrogen and oxygen atoms in total. The summed E-state index contributed by atoms with van der Waals surface area (Å²) >= 11 is 1.52. The number of nitrogens with one attached hydrogen (secondary N) is 1. The number of carbonyl (C=O) groups excluding carboxylic acids is 1. The first-order valence-corrected chi connectivity index (χ1v) is 5.49. The van der Waals surface area contributed by atoms with Crippen LogP contribution in [0, 0.1) is 0 Å². The zero-order valence-corrected chi connectivity index (χ0v) is 9.21. The average Bonchev–Trinajstić information content (AvgIpc) is 2.53. The smallest absolute Gasteiger partial charge is 0.305 e. The van der Waals surface area contributed by atoms with Crippen LogP contribution in [0.2, 0.25) is 0 Å². The summed E-state index contributed by atoms with van der Waals surface area (Å²) in [5, 5.41) is 13.0. The third kappa shape index (κ3) is 4.60. The maximum absolute atomic E-state index is 11.4. The molecule has 0 fully saturated rings. The molecule has 5 heteroatoms. The second kappa shape index (κ2) is 5.50. The molecule has 0 radical (unpaired) electrons. The number of amides is 1. The third-order valence-corrected chi connectivity index (χ3v) is 2.68. The molecule has 2 N–H and O–H groups in total. The number of thiophene rings is 1. The quantitative estimate of drug-likeness (QED) is 0.796. The van der Waals surface area contributed by atoms with Gasteiger partial charge in [0.25, 0.3) is 0 Å². The zero-order valence-electron chi connectivity index (χ0n) is 8.40. The highest BCUT2D eigenvalue weighted by Crippen LogP contribution is 2.08. The molecule has 1 amide bonds. The van der Waals surface area contributed by atoms with Gasteiger partial charge in [-0.15, -0.1) is 11.3 Å². The summed E-state index contributed by atoms with van der Waals surface area (Å²) in [7, 11) is 0. The lowest BCUT2D eigenvalue weighted by Gasteiger charge is -2.10. The first-order valence-electron chi connectivity index (χ1n) is 4.61. The van der Waals surface area contributed by atoms with Gasteiger partial charge in [0.1, 0.15) is 0 Å². The Balaban J connectivity index is 2.33. The van der Waals surface area contributed by atoms with Gasteiger partial charge in [-0.2, -0.15) is 0 Å². The highest BCUT2D eigenvalue weighted by Gasteiger charge is 2.11. The largest absolute Gasteiger partial charge is 0.481 e. The van der Waals surface area contributed by atoms with Crippen molar-refractivity contribution in [2.24, 2.45) is 0 Å². The van der Waals surface area contributed by atoms with E-state index < -0.39 is 5.97 Å². The molecule has 15 heavy (non-hydrogen) atoms. The lowest BCUT2D eigenvalue weighted by atomic mass is 10.2. The van der Waals surface area contributed by atoms with E-state index in [1.165, 1.54) is 11.3 Å². The van der Waals surface area contributed by atoms with E-state index in [0.717, 1.165) is 4.88 Å². The SMILES string of the molecule is CC(CC(=O)O)NC(=O)Cc1cccs1. The van der Waals surface area contributed by atoms with Gasteiger partial charge >= 0.3 is 5.97 Å². The Morgan fingerprint density at radius 3 is 2.87 bits per heavy atom. The van der Waals surface area contributed by atoms with E-state index in [-0.39, 0.29) is 18.4 Å². The maximum atomic E-state index is 11.4. The first kappa shape index (κ1) is 11.7. The molecule has 0 bridgehead atoms. The summed E-state index contributed by atoms with van der Waals surface area (Å²) < 4.78 is 0. The lowest BCUT2D eigenvalue weighted by Crippen LogP contribution is -2.35. The molecule has 0 aliphatic heterocycles. The number of hydrogen-bond acceptors (Lipinski definition) is 3. The van der Waals surface area contributed by atoms with Crippen LogP contribution in [0.4, 0.5) is 0 Å². The van der Waals surface area contributed by atoms with Crippen LogP contribution in [-0.2, 0) is 16.0 Å². The minimum Gasteiger partial charge on any atom is -0.481 e. The number of carbonyl (C=O) groups is 2. The Labute approximate surface area is 91.9 Å². The molecule has 0 aromatic carbocycles. The molecular formula is C10H13NO3S. The number of carboxylic acids is 1. The normalized spacial score (nSPS) is 12.1. The summed E-state index contributed by atoms with van der Waals surface area (Å²) in [6.07, 6.45) is 0.276. The van der Waals surface area contributed by atoms with Crippen LogP contribution in [0.25, 0.3) is 0 Å². The van der Waals surface area contributed by atoms with Gasteiger partial charge in [0.2, 0.25) is 5.91 Å². The van der Waals surface area contributed by atoms with E-state index in [2.05, 4.69) is 5.32 Å². The number of carboxylic acid groups (broad SMARTS) is 1. The standard InChI is InChI=1S/C10H13NO3S/c1-7(5-10(13)14)11-9(12)6-8-3-2-4-15-8/h2-4,7H,5-6H2,1H3,(H,11,12)(H,13,14). The zero-order chi connectivity index (χ0) is 11.3. The van der Waals surface area contributed by atoms with E-state index in [4.69, 9.17) is 5.11 Å². The molecule has 0 saturated heterocycles. The van der Waals surface area contributed by atoms with Crippen molar-refractivity contribution in [3.63, 3.8) is 0 Å². The molecule has 1 aromatic heterocycles. The monoisotopic (exact) mass is 227 g/mol. The van der Waals surface area contributed by atoms with E-state index >= 15 is 0 Å². The van der Waals surface area contributed by atoms with Gasteiger partial charge in [0.05, 0.1) is 12.8 Å². The Bertz CT molecular complexity index is 334. The minimum absolute atomic E-state index is 0.0455. The van der Waals surface area contributed by atoms with Gasteiger partial charge in [-0.1, -0.05) is 6.07 Å². The number of rotatable bonds is 5. The van der Waals surface area contributed by atoms with Crippen molar-refractivity contribution < 1.29 is 14.7 Å². The molecule has 1 aromatic rings. The molecule has 0 aliphatic rings. The number of aliphatic carboxylic acids is 1. The van der Waals surface area contributed by atoms with Gasteiger partial charge in [-0.05, 0) is 18.4 Å². The van der Waals surface area contributed by atoms with Crippen molar-refractivity contribution >= 4 is 23.2 Å². The van der Waals surface area contributed by atoms with Gasteiger partial charge < -0.3 is 10.4 Å². The summed E-state index contributed by atoms with van der Waals surface area (Å²) in [6, 6.07) is 3.44. The van der Waals surface area contributed by atoms with Crippen LogP contribution < -0.4 is 5.32 Å². The van der Waals surface area contributed by atoms with Gasteiger partial charge in [0.15, 0.2) is 0 Å². The lowest BCUT2D eigenvalue weighted by molar-refractivity contribution is -0.137. The molecule has 1 atom stereocenters. The Morgan fingerprint density at radius 2 is 2.33 bits per heavy atom. The van der Waals surface area contributed by atoms with E-state index in [1.807, 2.05) is 17.5 Å². The Hall–Kier alpha value is -1.36. The number of hydrogen-bond donors (Lipinski definition) is 2. The van der Waals surface area contributed by atoms with Gasteiger partial charge in [-0.3, -0.25) is 9.59 Å². The predicted molar refractivity (Wildman–Crippen MR) is 57.9 cm³/mol. The second-order valence-electron chi connectivity index (χ2n) is 3.32. The summed E-state index contributed by atoms with van der Waals surface area (Å²) in [6.45, 7) is 1.68. The Morgan fingerprint density at radius 1 is 1.60 bits per heavy atom. The van der Waals surface area contributed by atoms with E-state index in [1.54, 1.807) is 6.92 Å². The minimum atomic E-state index is -0.904. The van der Waals surface area contributed by atoms with Crippen molar-refractivity contribution in [3.05, 3.63) is 22.4 Å².